The molecule has 0 spiro atoms. The van der Waals surface area contributed by atoms with Gasteiger partial charge in [-0.25, -0.2) is 4.79 Å². The second kappa shape index (κ2) is 12.9. The van der Waals surface area contributed by atoms with E-state index in [0.29, 0.717) is 54.0 Å². The molecule has 30 heavy (non-hydrogen) atoms. The number of carbonyl (C=O) groups is 1. The van der Waals surface area contributed by atoms with Crippen LogP contribution < -0.4 is 15.5 Å². The molecule has 2 aromatic rings. The van der Waals surface area contributed by atoms with E-state index in [1.54, 1.807) is 23.8 Å². The fourth-order valence-electron chi connectivity index (χ4n) is 2.70. The van der Waals surface area contributed by atoms with Gasteiger partial charge in [-0.2, -0.15) is 0 Å². The maximum atomic E-state index is 12.1. The lowest BCUT2D eigenvalue weighted by Gasteiger charge is -2.14. The first-order valence-corrected chi connectivity index (χ1v) is 10.5. The van der Waals surface area contributed by atoms with Crippen LogP contribution in [0.3, 0.4) is 0 Å². The van der Waals surface area contributed by atoms with Crippen LogP contribution in [0, 0.1) is 0 Å². The molecule has 0 radical (unpaired) electrons. The van der Waals surface area contributed by atoms with Crippen molar-refractivity contribution in [3.63, 3.8) is 0 Å². The Labute approximate surface area is 182 Å². The Kier molecular flexibility index (Phi) is 11.0. The highest BCUT2D eigenvalue weighted by atomic mass is 35.5. The predicted octanol–water partition coefficient (Wildman–Crippen LogP) is 4.76. The van der Waals surface area contributed by atoms with E-state index in [4.69, 9.17) is 26.2 Å². The first-order valence-electron chi connectivity index (χ1n) is 10.1. The zero-order valence-corrected chi connectivity index (χ0v) is 19.0. The summed E-state index contributed by atoms with van der Waals surface area (Å²) in [6.45, 7) is 10.1. The van der Waals surface area contributed by atoms with Crippen LogP contribution in [-0.2, 0) is 11.3 Å². The third-order valence-corrected chi connectivity index (χ3v) is 4.23. The third-order valence-electron chi connectivity index (χ3n) is 3.91. The van der Waals surface area contributed by atoms with E-state index in [9.17, 15) is 9.59 Å². The molecule has 0 saturated heterocycles. The molecule has 0 aliphatic carbocycles. The van der Waals surface area contributed by atoms with Crippen molar-refractivity contribution in [2.45, 2.75) is 40.7 Å². The number of methoxy groups -OCH3 is 1. The number of carboxylic acids is 1. The fourth-order valence-corrected chi connectivity index (χ4v) is 2.93. The van der Waals surface area contributed by atoms with Crippen molar-refractivity contribution in [1.82, 2.24) is 4.57 Å². The molecular weight excluding hydrogens is 408 g/mol. The number of halogens is 1. The van der Waals surface area contributed by atoms with Gasteiger partial charge in [0.15, 0.2) is 5.43 Å². The number of aromatic nitrogens is 1. The van der Waals surface area contributed by atoms with Crippen molar-refractivity contribution in [3.05, 3.63) is 45.2 Å². The molecule has 1 aromatic carbocycles. The molecule has 7 nitrogen and oxygen atoms in total. The zero-order valence-electron chi connectivity index (χ0n) is 18.3. The van der Waals surface area contributed by atoms with Gasteiger partial charge in [0, 0.05) is 37.5 Å². The van der Waals surface area contributed by atoms with E-state index in [2.05, 4.69) is 19.2 Å². The molecular formula is C22H31ClN2O5. The number of nitrogens with one attached hydrogen (secondary N) is 1. The van der Waals surface area contributed by atoms with Crippen LogP contribution in [0.1, 0.15) is 44.5 Å². The highest BCUT2D eigenvalue weighted by Gasteiger charge is 2.20. The Morgan fingerprint density at radius 1 is 1.30 bits per heavy atom. The van der Waals surface area contributed by atoms with E-state index in [1.165, 1.54) is 18.7 Å². The average molecular weight is 439 g/mol. The topological polar surface area (TPSA) is 89.8 Å². The molecule has 0 atom stereocenters. The number of nitrogens with zero attached hydrogens (tertiary/aromatic N) is 1. The van der Waals surface area contributed by atoms with E-state index in [0.717, 1.165) is 0 Å². The Hall–Kier alpha value is -2.51. The minimum absolute atomic E-state index is 0.267. The largest absolute Gasteiger partial charge is 0.491 e. The number of benzene rings is 1. The van der Waals surface area contributed by atoms with E-state index in [1.807, 2.05) is 13.8 Å². The van der Waals surface area contributed by atoms with Crippen molar-refractivity contribution in [3.8, 4) is 17.0 Å². The van der Waals surface area contributed by atoms with Gasteiger partial charge >= 0.3 is 5.97 Å². The van der Waals surface area contributed by atoms with Crippen LogP contribution in [0.2, 0.25) is 5.02 Å². The Balaban J connectivity index is 0.000000826. The van der Waals surface area contributed by atoms with Gasteiger partial charge < -0.3 is 24.5 Å². The maximum absolute atomic E-state index is 12.1. The number of hydrogen-bond acceptors (Lipinski definition) is 5. The lowest BCUT2D eigenvalue weighted by atomic mass is 10.1. The molecule has 0 bridgehead atoms. The summed E-state index contributed by atoms with van der Waals surface area (Å²) in [5.41, 5.74) is 1.11. The van der Waals surface area contributed by atoms with Gasteiger partial charge in [-0.05, 0) is 6.07 Å². The molecule has 1 aliphatic heterocycles. The van der Waals surface area contributed by atoms with Crippen LogP contribution in [0.5, 0.6) is 5.75 Å². The summed E-state index contributed by atoms with van der Waals surface area (Å²) in [6.07, 6.45) is 2.59. The predicted molar refractivity (Wildman–Crippen MR) is 121 cm³/mol. The molecule has 2 heterocycles. The summed E-state index contributed by atoms with van der Waals surface area (Å²) in [7, 11) is 1.61. The minimum Gasteiger partial charge on any atom is -0.491 e. The number of pyridine rings is 1. The molecule has 3 rings (SSSR count). The summed E-state index contributed by atoms with van der Waals surface area (Å²) < 4.78 is 12.5. The summed E-state index contributed by atoms with van der Waals surface area (Å²) in [4.78, 5) is 23.3. The first kappa shape index (κ1) is 25.5. The Morgan fingerprint density at radius 2 is 1.97 bits per heavy atom. The number of fused-ring (bicyclic) bond motifs is 3. The molecule has 1 aliphatic rings. The van der Waals surface area contributed by atoms with Crippen molar-refractivity contribution in [2.75, 3.05) is 32.2 Å². The van der Waals surface area contributed by atoms with Gasteiger partial charge in [-0.3, -0.25) is 4.79 Å². The van der Waals surface area contributed by atoms with Crippen LogP contribution in [0.15, 0.2) is 29.2 Å². The number of rotatable bonds is 5. The molecule has 166 valence electrons. The normalized spacial score (nSPS) is 11.3. The maximum Gasteiger partial charge on any atom is 0.341 e. The molecule has 0 saturated carbocycles. The molecule has 0 unspecified atom stereocenters. The van der Waals surface area contributed by atoms with Crippen LogP contribution in [0.25, 0.3) is 11.3 Å². The van der Waals surface area contributed by atoms with Gasteiger partial charge in [0.05, 0.1) is 29.6 Å². The Morgan fingerprint density at radius 3 is 2.57 bits per heavy atom. The van der Waals surface area contributed by atoms with Crippen LogP contribution in [0.4, 0.5) is 5.69 Å². The number of aromatic carboxylic acids is 1. The van der Waals surface area contributed by atoms with Gasteiger partial charge in [0.2, 0.25) is 0 Å². The Bertz CT molecular complexity index is 896. The minimum atomic E-state index is -1.25. The fraction of sp³-hybridized carbons (Fsp3) is 0.455. The van der Waals surface area contributed by atoms with Crippen LogP contribution >= 0.6 is 11.6 Å². The molecule has 0 amide bonds. The number of hydrogen-bond donors (Lipinski definition) is 2. The van der Waals surface area contributed by atoms with Crippen molar-refractivity contribution in [1.29, 1.82) is 0 Å². The lowest BCUT2D eigenvalue weighted by molar-refractivity contribution is 0.0694. The zero-order chi connectivity index (χ0) is 22.7. The van der Waals surface area contributed by atoms with Gasteiger partial charge in [-0.1, -0.05) is 45.7 Å². The standard InChI is InChI=1S/C17H17ClN2O5.C3H8.C2H6/c1-24-4-2-19-13-7-16-10(6-12(13)18)14-8-15(21)11(17(22)23)9-20(14)3-5-25-16;1-3-2;1-2/h6-9,19H,2-5H2,1H3,(H,22,23);3H2,1-2H3;1-2H3. The van der Waals surface area contributed by atoms with E-state index < -0.39 is 11.4 Å². The summed E-state index contributed by atoms with van der Waals surface area (Å²) in [6, 6.07) is 4.80. The first-order chi connectivity index (χ1) is 14.4. The molecule has 2 N–H and O–H groups in total. The quantitative estimate of drug-likeness (QED) is 0.654. The summed E-state index contributed by atoms with van der Waals surface area (Å²) in [5.74, 6) is -0.667. The van der Waals surface area contributed by atoms with Gasteiger partial charge in [-0.15, -0.1) is 0 Å². The van der Waals surface area contributed by atoms with Gasteiger partial charge in [0.1, 0.15) is 17.9 Å². The smallest absolute Gasteiger partial charge is 0.341 e. The van der Waals surface area contributed by atoms with E-state index in [-0.39, 0.29) is 5.56 Å². The molecule has 8 heteroatoms. The second-order valence-electron chi connectivity index (χ2n) is 6.24. The average Bonchev–Trinajstić information content (AvgIpc) is 2.88. The van der Waals surface area contributed by atoms with Gasteiger partial charge in [0.25, 0.3) is 0 Å². The number of anilines is 1. The van der Waals surface area contributed by atoms with Crippen molar-refractivity contribution >= 4 is 23.3 Å². The summed E-state index contributed by atoms with van der Waals surface area (Å²) >= 11 is 6.34. The monoisotopic (exact) mass is 438 g/mol. The molecule has 1 aromatic heterocycles. The molecule has 0 fully saturated rings. The highest BCUT2D eigenvalue weighted by molar-refractivity contribution is 6.33. The van der Waals surface area contributed by atoms with Crippen molar-refractivity contribution < 1.29 is 19.4 Å². The lowest BCUT2D eigenvalue weighted by Crippen LogP contribution is -2.19. The van der Waals surface area contributed by atoms with E-state index >= 15 is 0 Å². The third kappa shape index (κ3) is 6.50. The summed E-state index contributed by atoms with van der Waals surface area (Å²) in [5, 5.41) is 12.8. The SMILES string of the molecule is CC.CCC.COCCNc1cc2c(cc1Cl)-c1cc(=O)c(C(=O)O)cn1CCO2. The number of ether oxygens (including phenoxy) is 2. The number of carboxylic acid groups (broad SMARTS) is 1. The van der Waals surface area contributed by atoms with Crippen LogP contribution in [-0.4, -0.2) is 42.5 Å². The van der Waals surface area contributed by atoms with Crippen molar-refractivity contribution in [2.24, 2.45) is 0 Å². The highest BCUT2D eigenvalue weighted by Crippen LogP contribution is 2.38. The second-order valence-corrected chi connectivity index (χ2v) is 6.65.